The third-order valence-electron chi connectivity index (χ3n) is 2.44. The molecule has 0 aromatic heterocycles. The van der Waals surface area contributed by atoms with E-state index in [1.54, 1.807) is 0 Å². The quantitative estimate of drug-likeness (QED) is 0.754. The number of likely N-dealkylation sites (N-methyl/N-ethyl adjacent to an activating group) is 1. The van der Waals surface area contributed by atoms with Crippen molar-refractivity contribution in [1.82, 2.24) is 4.90 Å². The summed E-state index contributed by atoms with van der Waals surface area (Å²) in [4.78, 5) is 23.7. The molecule has 0 aliphatic heterocycles. The number of carbonyl (C=O) groups is 2. The molecule has 92 valence electrons. The smallest absolute Gasteiger partial charge is 0.237 e. The first-order valence-corrected chi connectivity index (χ1v) is 5.33. The van der Waals surface area contributed by atoms with Gasteiger partial charge in [-0.1, -0.05) is 30.3 Å². The summed E-state index contributed by atoms with van der Waals surface area (Å²) in [6, 6.07) is 8.99. The van der Waals surface area contributed by atoms with Crippen molar-refractivity contribution in [1.29, 1.82) is 0 Å². The van der Waals surface area contributed by atoms with Crippen LogP contribution in [0.4, 0.5) is 0 Å². The Kier molecular flexibility index (Phi) is 4.66. The largest absolute Gasteiger partial charge is 0.368 e. The number of primary amides is 1. The highest BCUT2D eigenvalue weighted by Crippen LogP contribution is 2.14. The second-order valence-corrected chi connectivity index (χ2v) is 3.94. The van der Waals surface area contributed by atoms with E-state index in [0.29, 0.717) is 0 Å². The molecule has 0 spiro atoms. The average Bonchev–Trinajstić information content (AvgIpc) is 2.29. The van der Waals surface area contributed by atoms with Gasteiger partial charge in [0.1, 0.15) is 0 Å². The van der Waals surface area contributed by atoms with Crippen molar-refractivity contribution in [3.63, 3.8) is 0 Å². The van der Waals surface area contributed by atoms with Crippen LogP contribution in [0.15, 0.2) is 30.3 Å². The second kappa shape index (κ2) is 6.00. The zero-order chi connectivity index (χ0) is 12.8. The van der Waals surface area contributed by atoms with Gasteiger partial charge in [0.15, 0.2) is 0 Å². The van der Waals surface area contributed by atoms with Crippen molar-refractivity contribution in [2.45, 2.75) is 12.5 Å². The fraction of sp³-hybridized carbons (Fsp3) is 0.333. The summed E-state index contributed by atoms with van der Waals surface area (Å²) in [5, 5.41) is 0. The molecule has 0 saturated carbocycles. The van der Waals surface area contributed by atoms with Crippen molar-refractivity contribution < 1.29 is 9.59 Å². The summed E-state index contributed by atoms with van der Waals surface area (Å²) in [6.07, 6.45) is 0.161. The van der Waals surface area contributed by atoms with Crippen LogP contribution < -0.4 is 11.5 Å². The highest BCUT2D eigenvalue weighted by atomic mass is 16.2. The highest BCUT2D eigenvalue weighted by molar-refractivity contribution is 5.83. The van der Waals surface area contributed by atoms with Crippen LogP contribution in [0.3, 0.4) is 0 Å². The van der Waals surface area contributed by atoms with E-state index in [-0.39, 0.29) is 24.9 Å². The van der Waals surface area contributed by atoms with E-state index in [4.69, 9.17) is 11.5 Å². The molecule has 1 atom stereocenters. The van der Waals surface area contributed by atoms with Crippen molar-refractivity contribution in [3.05, 3.63) is 35.9 Å². The third-order valence-corrected chi connectivity index (χ3v) is 2.44. The van der Waals surface area contributed by atoms with Gasteiger partial charge in [0.2, 0.25) is 11.8 Å². The molecule has 0 radical (unpaired) electrons. The van der Waals surface area contributed by atoms with Gasteiger partial charge in [-0.2, -0.15) is 0 Å². The van der Waals surface area contributed by atoms with Gasteiger partial charge in [0, 0.05) is 19.5 Å². The normalized spacial score (nSPS) is 11.9. The Morgan fingerprint density at radius 2 is 1.88 bits per heavy atom. The zero-order valence-electron chi connectivity index (χ0n) is 9.80. The predicted octanol–water partition coefficient (Wildman–Crippen LogP) is 0.0202. The maximum absolute atomic E-state index is 11.7. The minimum Gasteiger partial charge on any atom is -0.368 e. The standard InChI is InChI=1S/C12H17N3O2/c1-15(8-11(14)16)12(17)7-10(13)9-5-3-2-4-6-9/h2-6,10H,7-8,13H2,1H3,(H2,14,16). The molecule has 5 nitrogen and oxygen atoms in total. The van der Waals surface area contributed by atoms with Crippen LogP contribution in [0.5, 0.6) is 0 Å². The summed E-state index contributed by atoms with van der Waals surface area (Å²) >= 11 is 0. The number of benzene rings is 1. The molecule has 0 aliphatic rings. The van der Waals surface area contributed by atoms with Crippen LogP contribution in [-0.2, 0) is 9.59 Å². The lowest BCUT2D eigenvalue weighted by Crippen LogP contribution is -2.36. The van der Waals surface area contributed by atoms with Crippen molar-refractivity contribution in [2.75, 3.05) is 13.6 Å². The summed E-state index contributed by atoms with van der Waals surface area (Å²) in [5.74, 6) is -0.728. The first-order chi connectivity index (χ1) is 8.00. The average molecular weight is 235 g/mol. The molecule has 4 N–H and O–H groups in total. The number of hydrogen-bond acceptors (Lipinski definition) is 3. The molecule has 5 heteroatoms. The molecule has 2 amide bonds. The number of rotatable bonds is 5. The van der Waals surface area contributed by atoms with E-state index in [0.717, 1.165) is 5.56 Å². The SMILES string of the molecule is CN(CC(N)=O)C(=O)CC(N)c1ccccc1. The topological polar surface area (TPSA) is 89.4 Å². The highest BCUT2D eigenvalue weighted by Gasteiger charge is 2.16. The summed E-state index contributed by atoms with van der Waals surface area (Å²) in [7, 11) is 1.53. The Bertz CT molecular complexity index is 392. The van der Waals surface area contributed by atoms with Crippen LogP contribution in [0.1, 0.15) is 18.0 Å². The minimum atomic E-state index is -0.533. The fourth-order valence-electron chi connectivity index (χ4n) is 1.48. The Hall–Kier alpha value is -1.88. The molecule has 0 heterocycles. The Labute approximate surface area is 100 Å². The van der Waals surface area contributed by atoms with E-state index < -0.39 is 5.91 Å². The number of hydrogen-bond donors (Lipinski definition) is 2. The van der Waals surface area contributed by atoms with Crippen molar-refractivity contribution in [2.24, 2.45) is 11.5 Å². The molecular formula is C12H17N3O2. The zero-order valence-corrected chi connectivity index (χ0v) is 9.80. The van der Waals surface area contributed by atoms with Crippen LogP contribution in [0.25, 0.3) is 0 Å². The Morgan fingerprint density at radius 3 is 2.41 bits per heavy atom. The summed E-state index contributed by atoms with van der Waals surface area (Å²) in [6.45, 7) is -0.0830. The maximum Gasteiger partial charge on any atom is 0.237 e. The minimum absolute atomic E-state index is 0.0830. The van der Waals surface area contributed by atoms with Crippen molar-refractivity contribution >= 4 is 11.8 Å². The Morgan fingerprint density at radius 1 is 1.29 bits per heavy atom. The van der Waals surface area contributed by atoms with Crippen LogP contribution in [0, 0.1) is 0 Å². The lowest BCUT2D eigenvalue weighted by atomic mass is 10.0. The van der Waals surface area contributed by atoms with Crippen LogP contribution in [-0.4, -0.2) is 30.3 Å². The van der Waals surface area contributed by atoms with Gasteiger partial charge in [0.05, 0.1) is 6.54 Å². The second-order valence-electron chi connectivity index (χ2n) is 3.94. The molecule has 1 unspecified atom stereocenters. The molecule has 17 heavy (non-hydrogen) atoms. The number of amides is 2. The molecule has 0 bridgehead atoms. The lowest BCUT2D eigenvalue weighted by molar-refractivity contribution is -0.134. The molecule has 0 saturated heterocycles. The first kappa shape index (κ1) is 13.2. The van der Waals surface area contributed by atoms with E-state index in [2.05, 4.69) is 0 Å². The molecule has 0 fully saturated rings. The molecule has 1 aromatic rings. The number of nitrogens with zero attached hydrogens (tertiary/aromatic N) is 1. The first-order valence-electron chi connectivity index (χ1n) is 5.33. The molecule has 1 rings (SSSR count). The van der Waals surface area contributed by atoms with Crippen molar-refractivity contribution in [3.8, 4) is 0 Å². The monoisotopic (exact) mass is 235 g/mol. The van der Waals surface area contributed by atoms with E-state index >= 15 is 0 Å². The van der Waals surface area contributed by atoms with Crippen LogP contribution >= 0.6 is 0 Å². The molecular weight excluding hydrogens is 218 g/mol. The molecule has 1 aromatic carbocycles. The number of nitrogens with two attached hydrogens (primary N) is 2. The predicted molar refractivity (Wildman–Crippen MR) is 64.8 cm³/mol. The maximum atomic E-state index is 11.7. The lowest BCUT2D eigenvalue weighted by Gasteiger charge is -2.18. The van der Waals surface area contributed by atoms with Crippen LogP contribution in [0.2, 0.25) is 0 Å². The van der Waals surface area contributed by atoms with Gasteiger partial charge in [-0.15, -0.1) is 0 Å². The van der Waals surface area contributed by atoms with Gasteiger partial charge in [-0.25, -0.2) is 0 Å². The van der Waals surface area contributed by atoms with Gasteiger partial charge in [-0.3, -0.25) is 9.59 Å². The number of carbonyl (C=O) groups excluding carboxylic acids is 2. The van der Waals surface area contributed by atoms with Gasteiger partial charge in [-0.05, 0) is 5.56 Å². The van der Waals surface area contributed by atoms with E-state index in [9.17, 15) is 9.59 Å². The summed E-state index contributed by atoms with van der Waals surface area (Å²) < 4.78 is 0. The van der Waals surface area contributed by atoms with Gasteiger partial charge < -0.3 is 16.4 Å². The fourth-order valence-corrected chi connectivity index (χ4v) is 1.48. The summed E-state index contributed by atoms with van der Waals surface area (Å²) in [5.41, 5.74) is 11.8. The van der Waals surface area contributed by atoms with Gasteiger partial charge in [0.25, 0.3) is 0 Å². The van der Waals surface area contributed by atoms with E-state index in [1.807, 2.05) is 30.3 Å². The van der Waals surface area contributed by atoms with Gasteiger partial charge >= 0.3 is 0 Å². The molecule has 0 aliphatic carbocycles. The van der Waals surface area contributed by atoms with E-state index in [1.165, 1.54) is 11.9 Å². The third kappa shape index (κ3) is 4.24. The Balaban J connectivity index is 2.54.